The van der Waals surface area contributed by atoms with Gasteiger partial charge in [0.15, 0.2) is 5.82 Å². The van der Waals surface area contributed by atoms with Gasteiger partial charge >= 0.3 is 0 Å². The van der Waals surface area contributed by atoms with Gasteiger partial charge in [0.2, 0.25) is 0 Å². The smallest absolute Gasteiger partial charge is 0.276 e. The Morgan fingerprint density at radius 3 is 2.63 bits per heavy atom. The number of hydrogen-bond donors (Lipinski definition) is 1. The monoisotopic (exact) mass is 284 g/mol. The van der Waals surface area contributed by atoms with E-state index in [2.05, 4.69) is 15.1 Å². The molecule has 0 saturated heterocycles. The SMILES string of the molecule is Cl.NC1(c2noc(-c3ccc(F)cn3)n2)CCCC1. The lowest BCUT2D eigenvalue weighted by Crippen LogP contribution is -2.34. The van der Waals surface area contributed by atoms with Gasteiger partial charge in [-0.2, -0.15) is 4.98 Å². The molecule has 1 fully saturated rings. The third-order valence-corrected chi connectivity index (χ3v) is 3.31. The van der Waals surface area contributed by atoms with Gasteiger partial charge in [0, 0.05) is 0 Å². The molecule has 0 aliphatic heterocycles. The predicted molar refractivity (Wildman–Crippen MR) is 69.1 cm³/mol. The van der Waals surface area contributed by atoms with Gasteiger partial charge in [-0.05, 0) is 25.0 Å². The summed E-state index contributed by atoms with van der Waals surface area (Å²) in [6.07, 6.45) is 5.00. The molecule has 1 saturated carbocycles. The maximum Gasteiger partial charge on any atom is 0.276 e. The summed E-state index contributed by atoms with van der Waals surface area (Å²) in [6, 6.07) is 2.81. The molecule has 1 aliphatic carbocycles. The fraction of sp³-hybridized carbons (Fsp3) is 0.417. The van der Waals surface area contributed by atoms with Crippen LogP contribution in [0.4, 0.5) is 4.39 Å². The van der Waals surface area contributed by atoms with Crippen LogP contribution in [0.5, 0.6) is 0 Å². The van der Waals surface area contributed by atoms with Gasteiger partial charge in [-0.1, -0.05) is 18.0 Å². The number of nitrogens with zero attached hydrogens (tertiary/aromatic N) is 3. The number of hydrogen-bond acceptors (Lipinski definition) is 5. The van der Waals surface area contributed by atoms with Gasteiger partial charge in [-0.25, -0.2) is 9.37 Å². The molecule has 0 aromatic carbocycles. The number of rotatable bonds is 2. The highest BCUT2D eigenvalue weighted by atomic mass is 35.5. The summed E-state index contributed by atoms with van der Waals surface area (Å²) in [5.74, 6) is 0.396. The summed E-state index contributed by atoms with van der Waals surface area (Å²) in [7, 11) is 0. The van der Waals surface area contributed by atoms with Crippen LogP contribution in [0.25, 0.3) is 11.6 Å². The van der Waals surface area contributed by atoms with E-state index in [-0.39, 0.29) is 18.3 Å². The van der Waals surface area contributed by atoms with Crippen molar-refractivity contribution in [2.24, 2.45) is 5.73 Å². The molecule has 0 spiro atoms. The fourth-order valence-electron chi connectivity index (χ4n) is 2.26. The van der Waals surface area contributed by atoms with Crippen molar-refractivity contribution < 1.29 is 8.91 Å². The number of halogens is 2. The van der Waals surface area contributed by atoms with Crippen LogP contribution in [0.1, 0.15) is 31.5 Å². The Hall–Kier alpha value is -1.53. The van der Waals surface area contributed by atoms with Crippen LogP contribution < -0.4 is 5.73 Å². The molecule has 2 aromatic heterocycles. The fourth-order valence-corrected chi connectivity index (χ4v) is 2.26. The molecule has 5 nitrogen and oxygen atoms in total. The molecule has 0 unspecified atom stereocenters. The van der Waals surface area contributed by atoms with E-state index in [4.69, 9.17) is 10.3 Å². The number of pyridine rings is 1. The van der Waals surface area contributed by atoms with Gasteiger partial charge in [0.05, 0.1) is 11.7 Å². The summed E-state index contributed by atoms with van der Waals surface area (Å²) in [5, 5.41) is 3.92. The molecule has 0 radical (unpaired) electrons. The normalized spacial score (nSPS) is 17.2. The summed E-state index contributed by atoms with van der Waals surface area (Å²) in [6.45, 7) is 0. The highest BCUT2D eigenvalue weighted by molar-refractivity contribution is 5.85. The van der Waals surface area contributed by atoms with Crippen molar-refractivity contribution in [1.82, 2.24) is 15.1 Å². The molecule has 2 N–H and O–H groups in total. The topological polar surface area (TPSA) is 77.8 Å². The van der Waals surface area contributed by atoms with Crippen molar-refractivity contribution in [1.29, 1.82) is 0 Å². The Balaban J connectivity index is 0.00000133. The Bertz CT molecular complexity index is 551. The first-order valence-electron chi connectivity index (χ1n) is 5.92. The maximum absolute atomic E-state index is 12.8. The lowest BCUT2D eigenvalue weighted by molar-refractivity contribution is 0.372. The van der Waals surface area contributed by atoms with Gasteiger partial charge in [-0.3, -0.25) is 0 Å². The van der Waals surface area contributed by atoms with Crippen LogP contribution in [-0.2, 0) is 5.54 Å². The van der Waals surface area contributed by atoms with E-state index in [1.165, 1.54) is 12.1 Å². The highest BCUT2D eigenvalue weighted by Crippen LogP contribution is 2.35. The zero-order valence-electron chi connectivity index (χ0n) is 10.2. The Kier molecular flexibility index (Phi) is 3.82. The minimum atomic E-state index is -0.484. The second-order valence-electron chi connectivity index (χ2n) is 4.65. The first-order chi connectivity index (χ1) is 8.67. The Morgan fingerprint density at radius 1 is 1.26 bits per heavy atom. The van der Waals surface area contributed by atoms with E-state index in [0.29, 0.717) is 11.5 Å². The van der Waals surface area contributed by atoms with Crippen molar-refractivity contribution in [2.75, 3.05) is 0 Å². The second-order valence-corrected chi connectivity index (χ2v) is 4.65. The summed E-state index contributed by atoms with van der Waals surface area (Å²) >= 11 is 0. The van der Waals surface area contributed by atoms with E-state index in [1.54, 1.807) is 0 Å². The molecule has 1 aliphatic rings. The van der Waals surface area contributed by atoms with Crippen molar-refractivity contribution >= 4 is 12.4 Å². The van der Waals surface area contributed by atoms with Crippen LogP contribution in [0, 0.1) is 5.82 Å². The van der Waals surface area contributed by atoms with Gasteiger partial charge in [0.1, 0.15) is 11.5 Å². The highest BCUT2D eigenvalue weighted by Gasteiger charge is 2.36. The van der Waals surface area contributed by atoms with Crippen LogP contribution in [0.15, 0.2) is 22.9 Å². The molecule has 0 atom stereocenters. The van der Waals surface area contributed by atoms with Crippen molar-refractivity contribution in [3.05, 3.63) is 30.0 Å². The summed E-state index contributed by atoms with van der Waals surface area (Å²) < 4.78 is 17.9. The minimum absolute atomic E-state index is 0. The molecule has 2 heterocycles. The van der Waals surface area contributed by atoms with Crippen molar-refractivity contribution in [2.45, 2.75) is 31.2 Å². The zero-order valence-corrected chi connectivity index (χ0v) is 11.0. The summed E-state index contributed by atoms with van der Waals surface area (Å²) in [5.41, 5.74) is 6.20. The zero-order chi connectivity index (χ0) is 12.6. The standard InChI is InChI=1S/C12H13FN4O.ClH/c13-8-3-4-9(15-7-8)10-16-11(17-18-10)12(14)5-1-2-6-12;/h3-4,7H,1-2,5-6,14H2;1H. The average Bonchev–Trinajstić information content (AvgIpc) is 2.99. The molecule has 102 valence electrons. The number of aromatic nitrogens is 3. The molecular weight excluding hydrogens is 271 g/mol. The molecule has 19 heavy (non-hydrogen) atoms. The Labute approximate surface area is 115 Å². The van der Waals surface area contributed by atoms with Gasteiger partial charge in [0.25, 0.3) is 5.89 Å². The average molecular weight is 285 g/mol. The van der Waals surface area contributed by atoms with Crippen molar-refractivity contribution in [3.8, 4) is 11.6 Å². The predicted octanol–water partition coefficient (Wildman–Crippen LogP) is 2.42. The quantitative estimate of drug-likeness (QED) is 0.916. The first kappa shape index (κ1) is 13.9. The summed E-state index contributed by atoms with van der Waals surface area (Å²) in [4.78, 5) is 8.18. The van der Waals surface area contributed by atoms with E-state index >= 15 is 0 Å². The van der Waals surface area contributed by atoms with E-state index in [9.17, 15) is 4.39 Å². The molecule has 0 bridgehead atoms. The lowest BCUT2D eigenvalue weighted by Gasteiger charge is -2.17. The first-order valence-corrected chi connectivity index (χ1v) is 5.92. The molecule has 0 amide bonds. The molecular formula is C12H14ClFN4O. The third kappa shape index (κ3) is 2.59. The molecule has 7 heteroatoms. The molecule has 3 rings (SSSR count). The minimum Gasteiger partial charge on any atom is -0.332 e. The van der Waals surface area contributed by atoms with Crippen LogP contribution in [0.3, 0.4) is 0 Å². The van der Waals surface area contributed by atoms with Crippen LogP contribution in [0.2, 0.25) is 0 Å². The lowest BCUT2D eigenvalue weighted by atomic mass is 9.99. The van der Waals surface area contributed by atoms with Crippen LogP contribution in [-0.4, -0.2) is 15.1 Å². The second kappa shape index (κ2) is 5.22. The van der Waals surface area contributed by atoms with Gasteiger partial charge in [-0.15, -0.1) is 12.4 Å². The van der Waals surface area contributed by atoms with Crippen molar-refractivity contribution in [3.63, 3.8) is 0 Å². The Morgan fingerprint density at radius 2 is 2.00 bits per heavy atom. The largest absolute Gasteiger partial charge is 0.332 e. The number of nitrogens with two attached hydrogens (primary N) is 1. The van der Waals surface area contributed by atoms with Gasteiger partial charge < -0.3 is 10.3 Å². The van der Waals surface area contributed by atoms with E-state index in [1.807, 2.05) is 0 Å². The van der Waals surface area contributed by atoms with E-state index in [0.717, 1.165) is 31.9 Å². The third-order valence-electron chi connectivity index (χ3n) is 3.31. The molecule has 2 aromatic rings. The maximum atomic E-state index is 12.8. The van der Waals surface area contributed by atoms with E-state index < -0.39 is 11.4 Å². The van der Waals surface area contributed by atoms with Crippen LogP contribution >= 0.6 is 12.4 Å².